The average molecular weight is 381 g/mol. The van der Waals surface area contributed by atoms with Gasteiger partial charge in [-0.1, -0.05) is 0 Å². The second-order valence-corrected chi connectivity index (χ2v) is 6.81. The molecule has 0 radical (unpaired) electrons. The van der Waals surface area contributed by atoms with Gasteiger partial charge in [0.2, 0.25) is 5.91 Å². The minimum absolute atomic E-state index is 0.103. The molecule has 136 valence electrons. The van der Waals surface area contributed by atoms with Gasteiger partial charge in [-0.05, 0) is 42.5 Å². The Morgan fingerprint density at radius 3 is 2.74 bits per heavy atom. The first kappa shape index (κ1) is 18.5. The number of carbonyl (C=O) groups excluding carboxylic acids is 3. The molecule has 2 aromatic rings. The van der Waals surface area contributed by atoms with Gasteiger partial charge in [0.1, 0.15) is 0 Å². The van der Waals surface area contributed by atoms with E-state index in [1.165, 1.54) is 11.8 Å². The van der Waals surface area contributed by atoms with Crippen LogP contribution in [0.4, 0.5) is 11.4 Å². The van der Waals surface area contributed by atoms with Crippen LogP contribution in [-0.4, -0.2) is 30.1 Å². The van der Waals surface area contributed by atoms with E-state index in [0.29, 0.717) is 29.1 Å². The third kappa shape index (κ3) is 4.86. The quantitative estimate of drug-likeness (QED) is 0.789. The highest BCUT2D eigenvalue weighted by Crippen LogP contribution is 2.31. The normalized spacial score (nSPS) is 12.8. The van der Waals surface area contributed by atoms with Crippen molar-refractivity contribution in [2.45, 2.75) is 11.3 Å². The zero-order valence-corrected chi connectivity index (χ0v) is 15.0. The summed E-state index contributed by atoms with van der Waals surface area (Å²) in [6.45, 7) is -0.447. The molecule has 1 aliphatic rings. The van der Waals surface area contributed by atoms with Crippen LogP contribution < -0.4 is 10.6 Å². The molecule has 1 heterocycles. The highest BCUT2D eigenvalue weighted by atomic mass is 32.2. The fraction of sp³-hybridized carbons (Fsp3) is 0.158. The number of carbonyl (C=O) groups is 3. The largest absolute Gasteiger partial charge is 0.452 e. The Morgan fingerprint density at radius 1 is 1.22 bits per heavy atom. The lowest BCUT2D eigenvalue weighted by Gasteiger charge is -2.09. The van der Waals surface area contributed by atoms with Gasteiger partial charge in [-0.2, -0.15) is 5.26 Å². The van der Waals surface area contributed by atoms with E-state index in [2.05, 4.69) is 10.6 Å². The summed E-state index contributed by atoms with van der Waals surface area (Å²) >= 11 is 1.54. The Bertz CT molecular complexity index is 935. The number of thioether (sulfide) groups is 1. The molecule has 0 unspecified atom stereocenters. The van der Waals surface area contributed by atoms with Crippen LogP contribution in [0, 0.1) is 11.3 Å². The van der Waals surface area contributed by atoms with Gasteiger partial charge in [-0.15, -0.1) is 11.8 Å². The van der Waals surface area contributed by atoms with Crippen molar-refractivity contribution in [1.29, 1.82) is 5.26 Å². The standard InChI is InChI=1S/C19H15N3O4S/c20-10-12-1-4-14(5-2-12)21-18(24)11-26-19(25)13-3-6-16-15(9-13)22-17(23)7-8-27-16/h1-6,9H,7-8,11H2,(H,21,24)(H,22,23). The van der Waals surface area contributed by atoms with Crippen molar-refractivity contribution in [3.63, 3.8) is 0 Å². The molecular formula is C19H15N3O4S. The van der Waals surface area contributed by atoms with Crippen molar-refractivity contribution in [3.05, 3.63) is 53.6 Å². The summed E-state index contributed by atoms with van der Waals surface area (Å²) in [7, 11) is 0. The van der Waals surface area contributed by atoms with Crippen molar-refractivity contribution in [1.82, 2.24) is 0 Å². The number of nitriles is 1. The summed E-state index contributed by atoms with van der Waals surface area (Å²) in [5.74, 6) is -0.575. The van der Waals surface area contributed by atoms with E-state index in [1.54, 1.807) is 42.5 Å². The monoisotopic (exact) mass is 381 g/mol. The zero-order valence-electron chi connectivity index (χ0n) is 14.2. The van der Waals surface area contributed by atoms with Gasteiger partial charge in [0.25, 0.3) is 5.91 Å². The predicted octanol–water partition coefficient (Wildman–Crippen LogP) is 2.79. The van der Waals surface area contributed by atoms with Crippen molar-refractivity contribution >= 4 is 40.9 Å². The number of amides is 2. The third-order valence-electron chi connectivity index (χ3n) is 3.71. The number of ether oxygens (including phenoxy) is 1. The fourth-order valence-electron chi connectivity index (χ4n) is 2.39. The molecular weight excluding hydrogens is 366 g/mol. The molecule has 0 fully saturated rings. The van der Waals surface area contributed by atoms with E-state index >= 15 is 0 Å². The fourth-order valence-corrected chi connectivity index (χ4v) is 3.32. The first-order valence-corrected chi connectivity index (χ1v) is 9.07. The number of hydrogen-bond donors (Lipinski definition) is 2. The Morgan fingerprint density at radius 2 is 2.00 bits per heavy atom. The zero-order chi connectivity index (χ0) is 19.2. The minimum Gasteiger partial charge on any atom is -0.452 e. The Labute approximate surface area is 159 Å². The molecule has 2 N–H and O–H groups in total. The number of nitrogens with zero attached hydrogens (tertiary/aromatic N) is 1. The highest BCUT2D eigenvalue weighted by Gasteiger charge is 2.17. The van der Waals surface area contributed by atoms with Crippen molar-refractivity contribution in [2.24, 2.45) is 0 Å². The van der Waals surface area contributed by atoms with Crippen LogP contribution in [0.15, 0.2) is 47.4 Å². The maximum Gasteiger partial charge on any atom is 0.338 e. The third-order valence-corrected chi connectivity index (χ3v) is 4.78. The highest BCUT2D eigenvalue weighted by molar-refractivity contribution is 7.99. The molecule has 0 saturated carbocycles. The molecule has 1 aliphatic heterocycles. The second-order valence-electron chi connectivity index (χ2n) is 5.67. The molecule has 2 amide bonds. The van der Waals surface area contributed by atoms with E-state index in [-0.39, 0.29) is 11.5 Å². The van der Waals surface area contributed by atoms with Crippen molar-refractivity contribution in [2.75, 3.05) is 23.0 Å². The van der Waals surface area contributed by atoms with E-state index in [9.17, 15) is 14.4 Å². The lowest BCUT2D eigenvalue weighted by molar-refractivity contribution is -0.119. The summed E-state index contributed by atoms with van der Waals surface area (Å²) in [4.78, 5) is 36.6. The van der Waals surface area contributed by atoms with Gasteiger partial charge in [-0.25, -0.2) is 4.79 Å². The van der Waals surface area contributed by atoms with E-state index in [0.717, 1.165) is 4.90 Å². The van der Waals surface area contributed by atoms with Crippen LogP contribution in [0.3, 0.4) is 0 Å². The molecule has 7 nitrogen and oxygen atoms in total. The SMILES string of the molecule is N#Cc1ccc(NC(=O)COC(=O)c2ccc3c(c2)NC(=O)CCS3)cc1. The van der Waals surface area contributed by atoms with Crippen LogP contribution in [0.25, 0.3) is 0 Å². The summed E-state index contributed by atoms with van der Waals surface area (Å²) in [5, 5.41) is 14.1. The molecule has 2 aromatic carbocycles. The minimum atomic E-state index is -0.656. The molecule has 0 aliphatic carbocycles. The number of anilines is 2. The molecule has 0 aromatic heterocycles. The predicted molar refractivity (Wildman–Crippen MR) is 100 cm³/mol. The maximum atomic E-state index is 12.2. The number of benzene rings is 2. The lowest BCUT2D eigenvalue weighted by atomic mass is 10.2. The number of nitrogens with one attached hydrogen (secondary N) is 2. The molecule has 27 heavy (non-hydrogen) atoms. The lowest BCUT2D eigenvalue weighted by Crippen LogP contribution is -2.21. The van der Waals surface area contributed by atoms with E-state index in [4.69, 9.17) is 10.00 Å². The van der Waals surface area contributed by atoms with Gasteiger partial charge in [-0.3, -0.25) is 9.59 Å². The van der Waals surface area contributed by atoms with Crippen LogP contribution in [-0.2, 0) is 14.3 Å². The van der Waals surface area contributed by atoms with E-state index in [1.807, 2.05) is 6.07 Å². The summed E-state index contributed by atoms with van der Waals surface area (Å²) in [6.07, 6.45) is 0.411. The van der Waals surface area contributed by atoms with Crippen LogP contribution in [0.2, 0.25) is 0 Å². The molecule has 0 spiro atoms. The Kier molecular flexibility index (Phi) is 5.74. The maximum absolute atomic E-state index is 12.2. The Hall–Kier alpha value is -3.31. The van der Waals surface area contributed by atoms with Crippen LogP contribution >= 0.6 is 11.8 Å². The Balaban J connectivity index is 1.58. The van der Waals surface area contributed by atoms with Crippen molar-refractivity contribution < 1.29 is 19.1 Å². The summed E-state index contributed by atoms with van der Waals surface area (Å²) < 4.78 is 5.03. The number of esters is 1. The van der Waals surface area contributed by atoms with Crippen LogP contribution in [0.5, 0.6) is 0 Å². The second kappa shape index (κ2) is 8.38. The van der Waals surface area contributed by atoms with Gasteiger partial charge in [0, 0.05) is 22.8 Å². The summed E-state index contributed by atoms with van der Waals surface area (Å²) in [5.41, 5.74) is 1.80. The van der Waals surface area contributed by atoms with Gasteiger partial charge in [0.15, 0.2) is 6.61 Å². The topological polar surface area (TPSA) is 108 Å². The van der Waals surface area contributed by atoms with Gasteiger partial charge in [0.05, 0.1) is 22.9 Å². The van der Waals surface area contributed by atoms with Crippen LogP contribution in [0.1, 0.15) is 22.3 Å². The summed E-state index contributed by atoms with van der Waals surface area (Å²) in [6, 6.07) is 13.2. The molecule has 0 atom stereocenters. The molecule has 8 heteroatoms. The molecule has 0 saturated heterocycles. The number of rotatable bonds is 4. The smallest absolute Gasteiger partial charge is 0.338 e. The number of fused-ring (bicyclic) bond motifs is 1. The first-order chi connectivity index (χ1) is 13.0. The first-order valence-electron chi connectivity index (χ1n) is 8.09. The molecule has 3 rings (SSSR count). The van der Waals surface area contributed by atoms with Crippen molar-refractivity contribution in [3.8, 4) is 6.07 Å². The molecule has 0 bridgehead atoms. The van der Waals surface area contributed by atoms with Gasteiger partial charge < -0.3 is 15.4 Å². The van der Waals surface area contributed by atoms with Gasteiger partial charge >= 0.3 is 5.97 Å². The van der Waals surface area contributed by atoms with E-state index < -0.39 is 18.5 Å². The average Bonchev–Trinajstić information content (AvgIpc) is 2.86. The number of hydrogen-bond acceptors (Lipinski definition) is 6.